The molecule has 1 unspecified atom stereocenters. The summed E-state index contributed by atoms with van der Waals surface area (Å²) in [5.74, 6) is 0. The highest BCUT2D eigenvalue weighted by Crippen LogP contribution is 2.67. The molecule has 12 aromatic rings. The Morgan fingerprint density at radius 2 is 0.838 bits per heavy atom. The number of rotatable bonds is 7. The molecule has 2 aliphatic rings. The highest BCUT2D eigenvalue weighted by molar-refractivity contribution is 6.17. The van der Waals surface area contributed by atoms with Gasteiger partial charge < -0.3 is 14.4 Å². The van der Waals surface area contributed by atoms with Crippen LogP contribution in [0.15, 0.2) is 261 Å². The van der Waals surface area contributed by atoms with E-state index in [0.29, 0.717) is 0 Å². The maximum Gasteiger partial charge on any atom is 0.0747 e. The molecule has 1 heterocycles. The average Bonchev–Trinajstić information content (AvgIpc) is 4.03. The fourth-order valence-electron chi connectivity index (χ4n) is 11.9. The molecular weight excluding hydrogens is 823 g/mol. The Morgan fingerprint density at radius 3 is 1.53 bits per heavy atom. The standard InChI is InChI=1S/C65H43N3/c1-5-23-45(24-6-1)66(46-25-7-2-8-26-46)61-42-44-22-13-14-31-50(44)62-53-33-16-19-36-56(53)65(64(61)62)55-35-18-15-32-51(55)52-41-40-49(43-57(52)65)67(47-27-9-3-10-28-47)59-38-21-39-60-63(59)54-34-17-20-37-58(54)68(60)48-29-11-4-12-30-48/h1-43H. The van der Waals surface area contributed by atoms with Crippen molar-refractivity contribution in [1.29, 1.82) is 0 Å². The SMILES string of the molecule is c1ccc(N(c2ccccc2)c2cc3ccccc3c3c2C2(c4ccccc4-c4ccc(N(c5ccccc5)c5cccc6c5c5ccccc5n6-c5ccccc5)cc42)c2ccccc2-3)cc1. The van der Waals surface area contributed by atoms with Crippen molar-refractivity contribution >= 4 is 66.7 Å². The van der Waals surface area contributed by atoms with E-state index < -0.39 is 5.41 Å². The monoisotopic (exact) mass is 865 g/mol. The molecule has 0 amide bonds. The summed E-state index contributed by atoms with van der Waals surface area (Å²) >= 11 is 0. The molecule has 0 bridgehead atoms. The van der Waals surface area contributed by atoms with Crippen molar-refractivity contribution in [1.82, 2.24) is 4.57 Å². The maximum absolute atomic E-state index is 2.53. The zero-order chi connectivity index (χ0) is 44.8. The van der Waals surface area contributed by atoms with E-state index in [1.807, 2.05) is 0 Å². The Morgan fingerprint density at radius 1 is 0.324 bits per heavy atom. The van der Waals surface area contributed by atoms with Crippen LogP contribution in [0, 0.1) is 0 Å². The van der Waals surface area contributed by atoms with E-state index in [1.165, 1.54) is 77.3 Å². The van der Waals surface area contributed by atoms with E-state index in [0.717, 1.165) is 39.6 Å². The molecule has 3 heteroatoms. The molecule has 0 fully saturated rings. The summed E-state index contributed by atoms with van der Waals surface area (Å²) in [5, 5.41) is 4.89. The molecule has 1 spiro atoms. The lowest BCUT2D eigenvalue weighted by atomic mass is 9.69. The van der Waals surface area contributed by atoms with E-state index in [1.54, 1.807) is 0 Å². The van der Waals surface area contributed by atoms with Crippen LogP contribution in [0.5, 0.6) is 0 Å². The predicted molar refractivity (Wildman–Crippen MR) is 284 cm³/mol. The van der Waals surface area contributed by atoms with Gasteiger partial charge in [-0.25, -0.2) is 0 Å². The maximum atomic E-state index is 2.53. The van der Waals surface area contributed by atoms with Gasteiger partial charge in [0.1, 0.15) is 0 Å². The van der Waals surface area contributed by atoms with Crippen LogP contribution in [0.25, 0.3) is 60.5 Å². The highest BCUT2D eigenvalue weighted by atomic mass is 15.2. The normalized spacial score (nSPS) is 14.2. The average molecular weight is 866 g/mol. The third-order valence-electron chi connectivity index (χ3n) is 14.5. The topological polar surface area (TPSA) is 11.4 Å². The van der Waals surface area contributed by atoms with Gasteiger partial charge in [0, 0.05) is 44.8 Å². The van der Waals surface area contributed by atoms with Crippen LogP contribution in [-0.4, -0.2) is 4.57 Å². The van der Waals surface area contributed by atoms with Gasteiger partial charge in [0.15, 0.2) is 0 Å². The summed E-state index contributed by atoms with van der Waals surface area (Å²) in [4.78, 5) is 4.98. The van der Waals surface area contributed by atoms with Crippen molar-refractivity contribution in [2.75, 3.05) is 9.80 Å². The van der Waals surface area contributed by atoms with Gasteiger partial charge in [-0.2, -0.15) is 0 Å². The Kier molecular flexibility index (Phi) is 8.50. The van der Waals surface area contributed by atoms with Gasteiger partial charge in [-0.3, -0.25) is 0 Å². The molecule has 14 rings (SSSR count). The zero-order valence-electron chi connectivity index (χ0n) is 37.2. The minimum absolute atomic E-state index is 0.674. The Labute approximate surface area is 395 Å². The minimum Gasteiger partial charge on any atom is -0.310 e. The Bertz CT molecular complexity index is 3870. The fraction of sp³-hybridized carbons (Fsp3) is 0.0154. The second-order valence-corrected chi connectivity index (χ2v) is 18.0. The van der Waals surface area contributed by atoms with E-state index >= 15 is 0 Å². The summed E-state index contributed by atoms with van der Waals surface area (Å²) in [7, 11) is 0. The first-order valence-corrected chi connectivity index (χ1v) is 23.5. The van der Waals surface area contributed by atoms with Crippen molar-refractivity contribution in [2.45, 2.75) is 5.41 Å². The van der Waals surface area contributed by atoms with E-state index in [2.05, 4.69) is 275 Å². The number of aromatic nitrogens is 1. The largest absolute Gasteiger partial charge is 0.310 e. The highest BCUT2D eigenvalue weighted by Gasteiger charge is 2.54. The van der Waals surface area contributed by atoms with Crippen LogP contribution in [0.1, 0.15) is 22.3 Å². The molecule has 2 aliphatic carbocycles. The molecule has 0 aliphatic heterocycles. The molecule has 11 aromatic carbocycles. The third kappa shape index (κ3) is 5.41. The molecule has 0 saturated heterocycles. The summed E-state index contributed by atoms with van der Waals surface area (Å²) < 4.78 is 2.41. The van der Waals surface area contributed by atoms with Gasteiger partial charge in [-0.05, 0) is 135 Å². The van der Waals surface area contributed by atoms with Gasteiger partial charge in [-0.15, -0.1) is 0 Å². The molecule has 0 N–H and O–H groups in total. The number of benzene rings is 11. The van der Waals surface area contributed by atoms with Crippen LogP contribution in [0.4, 0.5) is 34.1 Å². The smallest absolute Gasteiger partial charge is 0.0747 e. The lowest BCUT2D eigenvalue weighted by Crippen LogP contribution is -2.28. The summed E-state index contributed by atoms with van der Waals surface area (Å²) in [5.41, 5.74) is 19.8. The van der Waals surface area contributed by atoms with Gasteiger partial charge in [0.05, 0.1) is 27.8 Å². The third-order valence-corrected chi connectivity index (χ3v) is 14.5. The molecule has 0 saturated carbocycles. The second kappa shape index (κ2) is 15.1. The molecule has 0 radical (unpaired) electrons. The molecule has 318 valence electrons. The quantitative estimate of drug-likeness (QED) is 0.158. The zero-order valence-corrected chi connectivity index (χ0v) is 37.2. The Hall–Kier alpha value is -8.92. The van der Waals surface area contributed by atoms with Crippen molar-refractivity contribution in [2.24, 2.45) is 0 Å². The van der Waals surface area contributed by atoms with Gasteiger partial charge in [0.2, 0.25) is 0 Å². The van der Waals surface area contributed by atoms with E-state index in [4.69, 9.17) is 0 Å². The first-order chi connectivity index (χ1) is 33.8. The first-order valence-electron chi connectivity index (χ1n) is 23.5. The van der Waals surface area contributed by atoms with E-state index in [9.17, 15) is 0 Å². The summed E-state index contributed by atoms with van der Waals surface area (Å²) in [6.45, 7) is 0. The van der Waals surface area contributed by atoms with Crippen molar-refractivity contribution in [3.05, 3.63) is 283 Å². The van der Waals surface area contributed by atoms with Crippen LogP contribution >= 0.6 is 0 Å². The minimum atomic E-state index is -0.674. The lowest BCUT2D eigenvalue weighted by Gasteiger charge is -2.36. The fourth-order valence-corrected chi connectivity index (χ4v) is 11.9. The van der Waals surface area contributed by atoms with Crippen LogP contribution in [0.3, 0.4) is 0 Å². The summed E-state index contributed by atoms with van der Waals surface area (Å²) in [6, 6.07) is 96.2. The first kappa shape index (κ1) is 38.4. The number of para-hydroxylation sites is 5. The summed E-state index contributed by atoms with van der Waals surface area (Å²) in [6.07, 6.45) is 0. The van der Waals surface area contributed by atoms with Gasteiger partial charge in [0.25, 0.3) is 0 Å². The predicted octanol–water partition coefficient (Wildman–Crippen LogP) is 17.2. The molecule has 3 nitrogen and oxygen atoms in total. The van der Waals surface area contributed by atoms with Crippen LogP contribution < -0.4 is 9.80 Å². The van der Waals surface area contributed by atoms with Crippen molar-refractivity contribution in [3.63, 3.8) is 0 Å². The van der Waals surface area contributed by atoms with Crippen molar-refractivity contribution in [3.8, 4) is 27.9 Å². The number of anilines is 6. The molecular formula is C65H43N3. The van der Waals surface area contributed by atoms with Crippen molar-refractivity contribution < 1.29 is 0 Å². The number of hydrogen-bond acceptors (Lipinski definition) is 2. The van der Waals surface area contributed by atoms with Gasteiger partial charge in [-0.1, -0.05) is 176 Å². The molecule has 1 aromatic heterocycles. The second-order valence-electron chi connectivity index (χ2n) is 18.0. The number of nitrogens with zero attached hydrogens (tertiary/aromatic N) is 3. The van der Waals surface area contributed by atoms with Crippen LogP contribution in [0.2, 0.25) is 0 Å². The number of fused-ring (bicyclic) bond motifs is 15. The Balaban J connectivity index is 1.10. The van der Waals surface area contributed by atoms with Crippen LogP contribution in [-0.2, 0) is 5.41 Å². The lowest BCUT2D eigenvalue weighted by molar-refractivity contribution is 0.793. The van der Waals surface area contributed by atoms with E-state index in [-0.39, 0.29) is 0 Å². The molecule has 68 heavy (non-hydrogen) atoms. The number of hydrogen-bond donors (Lipinski definition) is 0. The van der Waals surface area contributed by atoms with Gasteiger partial charge >= 0.3 is 0 Å². The molecule has 1 atom stereocenters.